The van der Waals surface area contributed by atoms with Gasteiger partial charge in [-0.05, 0) is 25.7 Å². The van der Waals surface area contributed by atoms with Crippen molar-refractivity contribution < 1.29 is 0 Å². The quantitative estimate of drug-likeness (QED) is 0.876. The van der Waals surface area contributed by atoms with Crippen molar-refractivity contribution in [3.8, 4) is 0 Å². The van der Waals surface area contributed by atoms with Gasteiger partial charge in [0.2, 0.25) is 0 Å². The van der Waals surface area contributed by atoms with Crippen molar-refractivity contribution in [1.82, 2.24) is 4.90 Å². The minimum Gasteiger partial charge on any atom is -0.329 e. The van der Waals surface area contributed by atoms with E-state index < -0.39 is 0 Å². The predicted molar refractivity (Wildman–Crippen MR) is 76.9 cm³/mol. The molecule has 0 amide bonds. The Morgan fingerprint density at radius 3 is 2.62 bits per heavy atom. The number of benzene rings is 1. The molecule has 2 nitrogen and oxygen atoms in total. The number of rotatable bonds is 6. The van der Waals surface area contributed by atoms with E-state index in [0.29, 0.717) is 11.8 Å². The zero-order chi connectivity index (χ0) is 12.0. The Kier molecular flexibility index (Phi) is 6.43. The maximum Gasteiger partial charge on any atom is 0.0431 e. The second kappa shape index (κ2) is 7.33. The fraction of sp³-hybridized carbons (Fsp3) is 0.500. The van der Waals surface area contributed by atoms with Crippen LogP contribution in [0.15, 0.2) is 28.7 Å². The SMILES string of the molecule is CN(C)CCSC(CN)c1ccccc1Br. The molecular weight excluding hydrogens is 284 g/mol. The zero-order valence-electron chi connectivity index (χ0n) is 9.82. The average Bonchev–Trinajstić information content (AvgIpc) is 2.25. The molecule has 0 saturated heterocycles. The van der Waals surface area contributed by atoms with Gasteiger partial charge in [0, 0.05) is 28.6 Å². The first-order chi connectivity index (χ1) is 7.65. The third-order valence-corrected chi connectivity index (χ3v) is 4.31. The molecule has 2 N–H and O–H groups in total. The van der Waals surface area contributed by atoms with Gasteiger partial charge in [-0.25, -0.2) is 0 Å². The molecule has 0 bridgehead atoms. The van der Waals surface area contributed by atoms with E-state index in [-0.39, 0.29) is 0 Å². The molecule has 0 aliphatic rings. The second-order valence-corrected chi connectivity index (χ2v) is 6.08. The molecule has 0 saturated carbocycles. The smallest absolute Gasteiger partial charge is 0.0431 e. The van der Waals surface area contributed by atoms with Crippen molar-refractivity contribution in [2.45, 2.75) is 5.25 Å². The van der Waals surface area contributed by atoms with E-state index in [2.05, 4.69) is 53.1 Å². The summed E-state index contributed by atoms with van der Waals surface area (Å²) in [5, 5.41) is 0.385. The molecule has 1 aromatic carbocycles. The largest absolute Gasteiger partial charge is 0.329 e. The normalized spacial score (nSPS) is 13.1. The lowest BCUT2D eigenvalue weighted by molar-refractivity contribution is 0.437. The van der Waals surface area contributed by atoms with Gasteiger partial charge in [-0.15, -0.1) is 0 Å². The standard InChI is InChI=1S/C12H19BrN2S/c1-15(2)7-8-16-12(9-14)10-5-3-4-6-11(10)13/h3-6,12H,7-9,14H2,1-2H3. The van der Waals surface area contributed by atoms with E-state index in [1.807, 2.05) is 17.8 Å². The molecule has 1 atom stereocenters. The molecule has 90 valence electrons. The fourth-order valence-electron chi connectivity index (χ4n) is 1.40. The van der Waals surface area contributed by atoms with E-state index in [9.17, 15) is 0 Å². The van der Waals surface area contributed by atoms with Crippen LogP contribution in [0.25, 0.3) is 0 Å². The van der Waals surface area contributed by atoms with Crippen LogP contribution >= 0.6 is 27.7 Å². The van der Waals surface area contributed by atoms with Crippen LogP contribution in [0.1, 0.15) is 10.8 Å². The van der Waals surface area contributed by atoms with E-state index in [4.69, 9.17) is 5.73 Å². The molecule has 0 fully saturated rings. The molecule has 1 unspecified atom stereocenters. The average molecular weight is 303 g/mol. The summed E-state index contributed by atoms with van der Waals surface area (Å²) in [6.45, 7) is 1.77. The lowest BCUT2D eigenvalue weighted by Crippen LogP contribution is -2.17. The topological polar surface area (TPSA) is 29.3 Å². The van der Waals surface area contributed by atoms with Gasteiger partial charge >= 0.3 is 0 Å². The predicted octanol–water partition coefficient (Wildman–Crippen LogP) is 2.74. The Hall–Kier alpha value is -0.0300. The Bertz CT molecular complexity index is 318. The van der Waals surface area contributed by atoms with Crippen molar-refractivity contribution in [2.24, 2.45) is 5.73 Å². The van der Waals surface area contributed by atoms with Gasteiger partial charge < -0.3 is 10.6 Å². The molecule has 16 heavy (non-hydrogen) atoms. The molecule has 0 spiro atoms. The number of halogens is 1. The van der Waals surface area contributed by atoms with Crippen molar-refractivity contribution >= 4 is 27.7 Å². The van der Waals surface area contributed by atoms with Crippen molar-refractivity contribution in [2.75, 3.05) is 32.9 Å². The molecule has 0 heterocycles. The van der Waals surface area contributed by atoms with Gasteiger partial charge in [0.1, 0.15) is 0 Å². The van der Waals surface area contributed by atoms with Gasteiger partial charge in [0.05, 0.1) is 0 Å². The highest BCUT2D eigenvalue weighted by atomic mass is 79.9. The molecule has 1 rings (SSSR count). The van der Waals surface area contributed by atoms with Gasteiger partial charge in [0.25, 0.3) is 0 Å². The molecule has 0 aliphatic heterocycles. The molecular formula is C12H19BrN2S. The highest BCUT2D eigenvalue weighted by molar-refractivity contribution is 9.10. The van der Waals surface area contributed by atoms with Gasteiger partial charge in [0.15, 0.2) is 0 Å². The molecule has 0 aromatic heterocycles. The van der Waals surface area contributed by atoms with Gasteiger partial charge in [-0.2, -0.15) is 11.8 Å². The van der Waals surface area contributed by atoms with Crippen LogP contribution in [0.3, 0.4) is 0 Å². The Labute approximate surface area is 111 Å². The van der Waals surface area contributed by atoms with Crippen molar-refractivity contribution in [3.05, 3.63) is 34.3 Å². The van der Waals surface area contributed by atoms with Crippen LogP contribution in [-0.4, -0.2) is 37.8 Å². The third kappa shape index (κ3) is 4.45. The minimum atomic E-state index is 0.385. The number of hydrogen-bond donors (Lipinski definition) is 1. The van der Waals surface area contributed by atoms with Crippen LogP contribution in [0.2, 0.25) is 0 Å². The van der Waals surface area contributed by atoms with E-state index in [0.717, 1.165) is 16.8 Å². The van der Waals surface area contributed by atoms with Gasteiger partial charge in [-0.1, -0.05) is 34.1 Å². The molecule has 0 radical (unpaired) electrons. The van der Waals surface area contributed by atoms with E-state index >= 15 is 0 Å². The zero-order valence-corrected chi connectivity index (χ0v) is 12.2. The summed E-state index contributed by atoms with van der Waals surface area (Å²) in [5.41, 5.74) is 7.14. The Morgan fingerprint density at radius 2 is 2.06 bits per heavy atom. The summed E-state index contributed by atoms with van der Waals surface area (Å²) in [4.78, 5) is 2.20. The minimum absolute atomic E-state index is 0.385. The summed E-state index contributed by atoms with van der Waals surface area (Å²) in [6, 6.07) is 8.32. The fourth-order valence-corrected chi connectivity index (χ4v) is 3.39. The van der Waals surface area contributed by atoms with Gasteiger partial charge in [-0.3, -0.25) is 0 Å². The lowest BCUT2D eigenvalue weighted by Gasteiger charge is -2.17. The second-order valence-electron chi connectivity index (χ2n) is 3.92. The number of nitrogens with zero attached hydrogens (tertiary/aromatic N) is 1. The van der Waals surface area contributed by atoms with Crippen LogP contribution in [-0.2, 0) is 0 Å². The summed E-state index contributed by atoms with van der Waals surface area (Å²) >= 11 is 5.50. The highest BCUT2D eigenvalue weighted by Gasteiger charge is 2.12. The highest BCUT2D eigenvalue weighted by Crippen LogP contribution is 2.32. The molecule has 4 heteroatoms. The van der Waals surface area contributed by atoms with Crippen LogP contribution in [0.5, 0.6) is 0 Å². The summed E-state index contributed by atoms with van der Waals surface area (Å²) in [5.74, 6) is 1.11. The molecule has 1 aromatic rings. The summed E-state index contributed by atoms with van der Waals surface area (Å²) < 4.78 is 1.16. The maximum absolute atomic E-state index is 5.84. The maximum atomic E-state index is 5.84. The monoisotopic (exact) mass is 302 g/mol. The van der Waals surface area contributed by atoms with Crippen LogP contribution in [0.4, 0.5) is 0 Å². The Morgan fingerprint density at radius 1 is 1.38 bits per heavy atom. The van der Waals surface area contributed by atoms with Crippen molar-refractivity contribution in [1.29, 1.82) is 0 Å². The van der Waals surface area contributed by atoms with Crippen LogP contribution in [0, 0.1) is 0 Å². The number of thioether (sulfide) groups is 1. The number of nitrogens with two attached hydrogens (primary N) is 1. The van der Waals surface area contributed by atoms with E-state index in [1.165, 1.54) is 5.56 Å². The first-order valence-electron chi connectivity index (χ1n) is 5.36. The summed E-state index contributed by atoms with van der Waals surface area (Å²) in [6.07, 6.45) is 0. The first-order valence-corrected chi connectivity index (χ1v) is 7.20. The van der Waals surface area contributed by atoms with E-state index in [1.54, 1.807) is 0 Å². The Balaban J connectivity index is 2.57. The first kappa shape index (κ1) is 14.0. The number of hydrogen-bond acceptors (Lipinski definition) is 3. The summed E-state index contributed by atoms with van der Waals surface area (Å²) in [7, 11) is 4.19. The third-order valence-electron chi connectivity index (χ3n) is 2.32. The van der Waals surface area contributed by atoms with Crippen molar-refractivity contribution in [3.63, 3.8) is 0 Å². The lowest BCUT2D eigenvalue weighted by atomic mass is 10.1. The van der Waals surface area contributed by atoms with Crippen LogP contribution < -0.4 is 5.73 Å². The molecule has 0 aliphatic carbocycles.